The summed E-state index contributed by atoms with van der Waals surface area (Å²) in [6.45, 7) is 0. The molecule has 14 heavy (non-hydrogen) atoms. The Kier molecular flexibility index (Phi) is 2.37. The number of H-pyrrole nitrogens is 1. The van der Waals surface area contributed by atoms with Crippen LogP contribution < -0.4 is 0 Å². The number of hydrogen-bond donors (Lipinski definition) is 2. The number of nitrogens with one attached hydrogen (secondary N) is 1. The van der Waals surface area contributed by atoms with Gasteiger partial charge in [-0.25, -0.2) is 4.98 Å². The first-order chi connectivity index (χ1) is 6.77. The molecule has 1 N–H and O–H groups in total. The molecular weight excluding hydrogens is 196 g/mol. The summed E-state index contributed by atoms with van der Waals surface area (Å²) >= 11 is 4.04. The number of carbonyl (C=O) groups excluding carboxylic acids is 1. The fourth-order valence-corrected chi connectivity index (χ4v) is 1.32. The maximum Gasteiger partial charge on any atom is 0.228 e. The Morgan fingerprint density at radius 1 is 1.29 bits per heavy atom. The van der Waals surface area contributed by atoms with Gasteiger partial charge in [0.15, 0.2) is 5.82 Å². The maximum atomic E-state index is 11.7. The predicted molar refractivity (Wildman–Crippen MR) is 55.7 cm³/mol. The molecule has 0 aliphatic rings. The minimum atomic E-state index is -0.120. The summed E-state index contributed by atoms with van der Waals surface area (Å²) in [6, 6.07) is 9.00. The van der Waals surface area contributed by atoms with Crippen molar-refractivity contribution in [2.45, 2.75) is 5.03 Å². The molecule has 3 nitrogen and oxygen atoms in total. The van der Waals surface area contributed by atoms with Crippen LogP contribution in [0.25, 0.3) is 0 Å². The number of benzene rings is 1. The summed E-state index contributed by atoms with van der Waals surface area (Å²) in [5, 5.41) is 0.587. The highest BCUT2D eigenvalue weighted by Crippen LogP contribution is 2.08. The topological polar surface area (TPSA) is 45.8 Å². The van der Waals surface area contributed by atoms with Gasteiger partial charge in [-0.2, -0.15) is 0 Å². The molecule has 0 aliphatic heterocycles. The fraction of sp³-hybridized carbons (Fsp3) is 0. The van der Waals surface area contributed by atoms with E-state index >= 15 is 0 Å². The van der Waals surface area contributed by atoms with Gasteiger partial charge in [-0.3, -0.25) is 4.79 Å². The molecule has 1 aromatic carbocycles. The first-order valence-electron chi connectivity index (χ1n) is 4.11. The lowest BCUT2D eigenvalue weighted by Gasteiger charge is -1.95. The van der Waals surface area contributed by atoms with Gasteiger partial charge >= 0.3 is 0 Å². The summed E-state index contributed by atoms with van der Waals surface area (Å²) in [4.78, 5) is 18.4. The van der Waals surface area contributed by atoms with Gasteiger partial charge in [0.2, 0.25) is 5.78 Å². The van der Waals surface area contributed by atoms with Crippen LogP contribution >= 0.6 is 12.6 Å². The zero-order chi connectivity index (χ0) is 9.97. The van der Waals surface area contributed by atoms with Gasteiger partial charge < -0.3 is 4.98 Å². The van der Waals surface area contributed by atoms with Crippen molar-refractivity contribution in [1.82, 2.24) is 9.97 Å². The van der Waals surface area contributed by atoms with E-state index in [9.17, 15) is 4.79 Å². The van der Waals surface area contributed by atoms with Crippen LogP contribution in [0.5, 0.6) is 0 Å². The summed E-state index contributed by atoms with van der Waals surface area (Å²) in [6.07, 6.45) is 1.51. The summed E-state index contributed by atoms with van der Waals surface area (Å²) in [5.74, 6) is 0.201. The molecular formula is C10H8N2OS. The highest BCUT2D eigenvalue weighted by Gasteiger charge is 2.10. The number of nitrogens with zero attached hydrogens (tertiary/aromatic N) is 1. The van der Waals surface area contributed by atoms with Crippen LogP contribution in [0.4, 0.5) is 0 Å². The molecule has 0 amide bonds. The van der Waals surface area contributed by atoms with Gasteiger partial charge in [0.25, 0.3) is 0 Å². The standard InChI is InChI=1S/C10H8N2OS/c13-9(7-4-2-1-3-5-7)10-11-6-8(14)12-10/h1-6,14H,(H,11,12). The van der Waals surface area contributed by atoms with E-state index in [0.29, 0.717) is 16.4 Å². The number of aromatic amines is 1. The molecule has 1 heterocycles. The molecule has 0 atom stereocenters. The molecule has 0 aliphatic carbocycles. The molecule has 0 bridgehead atoms. The van der Waals surface area contributed by atoms with Gasteiger partial charge in [-0.15, -0.1) is 12.6 Å². The number of imidazole rings is 1. The average molecular weight is 204 g/mol. The van der Waals surface area contributed by atoms with Crippen molar-refractivity contribution in [1.29, 1.82) is 0 Å². The Labute approximate surface area is 86.6 Å². The van der Waals surface area contributed by atoms with Crippen LogP contribution in [0.2, 0.25) is 0 Å². The second-order valence-electron chi connectivity index (χ2n) is 2.81. The lowest BCUT2D eigenvalue weighted by atomic mass is 10.1. The van der Waals surface area contributed by atoms with Crippen molar-refractivity contribution in [2.24, 2.45) is 0 Å². The normalized spacial score (nSPS) is 10.1. The third-order valence-corrected chi connectivity index (χ3v) is 2.04. The number of aromatic nitrogens is 2. The monoisotopic (exact) mass is 204 g/mol. The van der Waals surface area contributed by atoms with E-state index in [0.717, 1.165) is 0 Å². The Balaban J connectivity index is 2.34. The van der Waals surface area contributed by atoms with Gasteiger partial charge in [-0.1, -0.05) is 30.3 Å². The van der Waals surface area contributed by atoms with E-state index < -0.39 is 0 Å². The molecule has 0 radical (unpaired) electrons. The third kappa shape index (κ3) is 1.70. The van der Waals surface area contributed by atoms with Crippen molar-refractivity contribution in [3.8, 4) is 0 Å². The molecule has 0 spiro atoms. The number of rotatable bonds is 2. The van der Waals surface area contributed by atoms with Crippen LogP contribution in [0.3, 0.4) is 0 Å². The summed E-state index contributed by atoms with van der Waals surface area (Å²) < 4.78 is 0. The van der Waals surface area contributed by atoms with Crippen molar-refractivity contribution >= 4 is 18.4 Å². The van der Waals surface area contributed by atoms with Gasteiger partial charge in [-0.05, 0) is 0 Å². The Morgan fingerprint density at radius 2 is 2.00 bits per heavy atom. The Morgan fingerprint density at radius 3 is 2.57 bits per heavy atom. The third-order valence-electron chi connectivity index (χ3n) is 1.81. The number of hydrogen-bond acceptors (Lipinski definition) is 3. The molecule has 2 rings (SSSR count). The lowest BCUT2D eigenvalue weighted by Crippen LogP contribution is -2.02. The zero-order valence-corrected chi connectivity index (χ0v) is 8.16. The number of carbonyl (C=O) groups is 1. The van der Waals surface area contributed by atoms with Crippen molar-refractivity contribution in [2.75, 3.05) is 0 Å². The van der Waals surface area contributed by atoms with Crippen molar-refractivity contribution < 1.29 is 4.79 Å². The summed E-state index contributed by atoms with van der Waals surface area (Å²) in [5.41, 5.74) is 0.621. The van der Waals surface area contributed by atoms with Gasteiger partial charge in [0.05, 0.1) is 11.2 Å². The molecule has 2 aromatic rings. The molecule has 0 saturated carbocycles. The SMILES string of the molecule is O=C(c1ccccc1)c1ncc(S)[nH]1. The maximum absolute atomic E-state index is 11.7. The van der Waals surface area contributed by atoms with E-state index in [2.05, 4.69) is 22.6 Å². The van der Waals surface area contributed by atoms with Crippen LogP contribution in [-0.2, 0) is 0 Å². The van der Waals surface area contributed by atoms with Crippen LogP contribution in [-0.4, -0.2) is 15.8 Å². The minimum Gasteiger partial charge on any atom is -0.331 e. The highest BCUT2D eigenvalue weighted by atomic mass is 32.1. The second kappa shape index (κ2) is 3.67. The largest absolute Gasteiger partial charge is 0.331 e. The van der Waals surface area contributed by atoms with E-state index in [-0.39, 0.29) is 5.78 Å². The quantitative estimate of drug-likeness (QED) is 0.580. The molecule has 0 saturated heterocycles. The van der Waals surface area contributed by atoms with Crippen molar-refractivity contribution in [3.05, 3.63) is 47.9 Å². The lowest BCUT2D eigenvalue weighted by molar-refractivity contribution is 0.103. The van der Waals surface area contributed by atoms with E-state index in [1.54, 1.807) is 12.1 Å². The van der Waals surface area contributed by atoms with E-state index in [1.165, 1.54) is 6.20 Å². The molecule has 70 valence electrons. The van der Waals surface area contributed by atoms with Crippen LogP contribution in [0.15, 0.2) is 41.6 Å². The number of thiol groups is 1. The molecule has 0 unspecified atom stereocenters. The van der Waals surface area contributed by atoms with E-state index in [4.69, 9.17) is 0 Å². The molecule has 1 aromatic heterocycles. The van der Waals surface area contributed by atoms with Crippen LogP contribution in [0.1, 0.15) is 16.2 Å². The fourth-order valence-electron chi connectivity index (χ4n) is 1.15. The summed E-state index contributed by atoms with van der Waals surface area (Å²) in [7, 11) is 0. The second-order valence-corrected chi connectivity index (χ2v) is 3.29. The molecule has 4 heteroatoms. The van der Waals surface area contributed by atoms with Gasteiger partial charge in [0, 0.05) is 5.56 Å². The van der Waals surface area contributed by atoms with E-state index in [1.807, 2.05) is 18.2 Å². The van der Waals surface area contributed by atoms with Crippen molar-refractivity contribution in [3.63, 3.8) is 0 Å². The predicted octanol–water partition coefficient (Wildman–Crippen LogP) is 1.93. The molecule has 0 fully saturated rings. The first-order valence-corrected chi connectivity index (χ1v) is 4.56. The first kappa shape index (κ1) is 9.02. The smallest absolute Gasteiger partial charge is 0.228 e. The number of ketones is 1. The Bertz CT molecular complexity index is 450. The minimum absolute atomic E-state index is 0.120. The van der Waals surface area contributed by atoms with Crippen LogP contribution in [0, 0.1) is 0 Å². The Hall–Kier alpha value is -1.55. The van der Waals surface area contributed by atoms with Gasteiger partial charge in [0.1, 0.15) is 0 Å². The highest BCUT2D eigenvalue weighted by molar-refractivity contribution is 7.80. The zero-order valence-electron chi connectivity index (χ0n) is 7.27. The average Bonchev–Trinajstić information content (AvgIpc) is 2.65.